The van der Waals surface area contributed by atoms with Crippen molar-refractivity contribution in [3.8, 4) is 28.6 Å². The fourth-order valence-electron chi connectivity index (χ4n) is 2.81. The fourth-order valence-corrected chi connectivity index (χ4v) is 2.81. The van der Waals surface area contributed by atoms with Gasteiger partial charge in [0.05, 0.1) is 18.9 Å². The van der Waals surface area contributed by atoms with Gasteiger partial charge in [-0.3, -0.25) is 5.10 Å². The highest BCUT2D eigenvalue weighted by atomic mass is 16.5. The molecule has 0 aliphatic carbocycles. The lowest BCUT2D eigenvalue weighted by Gasteiger charge is -2.08. The predicted molar refractivity (Wildman–Crippen MR) is 95.8 cm³/mol. The molecule has 4 rings (SSSR count). The van der Waals surface area contributed by atoms with Gasteiger partial charge in [-0.2, -0.15) is 10.1 Å². The number of H-pyrrole nitrogens is 1. The van der Waals surface area contributed by atoms with Crippen LogP contribution in [0.15, 0.2) is 34.9 Å². The third-order valence-corrected chi connectivity index (χ3v) is 4.28. The lowest BCUT2D eigenvalue weighted by Crippen LogP contribution is -2.04. The van der Waals surface area contributed by atoms with Gasteiger partial charge in [0.1, 0.15) is 11.4 Å². The summed E-state index contributed by atoms with van der Waals surface area (Å²) in [5, 5.41) is 11.4. The molecular formula is C19H22N4O3. The Kier molecular flexibility index (Phi) is 4.71. The third kappa shape index (κ3) is 3.62. The van der Waals surface area contributed by atoms with Crippen molar-refractivity contribution in [3.63, 3.8) is 0 Å². The zero-order chi connectivity index (χ0) is 17.9. The first-order valence-electron chi connectivity index (χ1n) is 8.89. The smallest absolute Gasteiger partial charge is 0.275 e. The van der Waals surface area contributed by atoms with Crippen LogP contribution in [-0.2, 0) is 4.74 Å². The van der Waals surface area contributed by atoms with E-state index in [0.29, 0.717) is 36.5 Å². The van der Waals surface area contributed by atoms with Crippen LogP contribution in [0, 0.1) is 5.92 Å². The normalized spacial score (nSPS) is 17.1. The van der Waals surface area contributed by atoms with Gasteiger partial charge in [0.2, 0.25) is 0 Å². The summed E-state index contributed by atoms with van der Waals surface area (Å²) in [4.78, 5) is 4.48. The van der Waals surface area contributed by atoms with E-state index in [1.54, 1.807) is 0 Å². The van der Waals surface area contributed by atoms with E-state index in [1.165, 1.54) is 0 Å². The highest BCUT2D eigenvalue weighted by Crippen LogP contribution is 2.27. The number of hydrogen-bond acceptors (Lipinski definition) is 6. The van der Waals surface area contributed by atoms with Gasteiger partial charge in [0, 0.05) is 18.1 Å². The Morgan fingerprint density at radius 2 is 2.12 bits per heavy atom. The maximum absolute atomic E-state index is 5.71. The number of rotatable bonds is 6. The first-order chi connectivity index (χ1) is 12.7. The largest absolute Gasteiger partial charge is 0.493 e. The van der Waals surface area contributed by atoms with Crippen LogP contribution >= 0.6 is 0 Å². The Bertz CT molecular complexity index is 848. The van der Waals surface area contributed by atoms with Crippen molar-refractivity contribution in [1.82, 2.24) is 20.3 Å². The first kappa shape index (κ1) is 16.8. The van der Waals surface area contributed by atoms with Gasteiger partial charge in [0.15, 0.2) is 5.82 Å². The molecular weight excluding hydrogens is 332 g/mol. The summed E-state index contributed by atoms with van der Waals surface area (Å²) in [6, 6.07) is 9.80. The second-order valence-electron chi connectivity index (χ2n) is 6.91. The van der Waals surface area contributed by atoms with Crippen molar-refractivity contribution in [3.05, 3.63) is 36.2 Å². The fraction of sp³-hybridized carbons (Fsp3) is 0.421. The Balaban J connectivity index is 1.47. The quantitative estimate of drug-likeness (QED) is 0.727. The Morgan fingerprint density at radius 3 is 2.85 bits per heavy atom. The molecule has 136 valence electrons. The van der Waals surface area contributed by atoms with Crippen LogP contribution in [0.4, 0.5) is 0 Å². The van der Waals surface area contributed by atoms with Crippen molar-refractivity contribution in [2.24, 2.45) is 5.92 Å². The van der Waals surface area contributed by atoms with Gasteiger partial charge in [-0.1, -0.05) is 19.0 Å². The maximum atomic E-state index is 5.71. The Labute approximate surface area is 151 Å². The minimum atomic E-state index is 0.216. The molecule has 1 N–H and O–H groups in total. The number of nitrogens with one attached hydrogen (secondary N) is 1. The van der Waals surface area contributed by atoms with Crippen LogP contribution in [0.25, 0.3) is 22.8 Å². The van der Waals surface area contributed by atoms with E-state index < -0.39 is 0 Å². The monoisotopic (exact) mass is 354 g/mol. The van der Waals surface area contributed by atoms with Crippen molar-refractivity contribution in [2.45, 2.75) is 26.2 Å². The van der Waals surface area contributed by atoms with E-state index in [1.807, 2.05) is 30.3 Å². The lowest BCUT2D eigenvalue weighted by atomic mass is 10.1. The van der Waals surface area contributed by atoms with Gasteiger partial charge >= 0.3 is 0 Å². The van der Waals surface area contributed by atoms with E-state index in [-0.39, 0.29) is 5.92 Å². The predicted octanol–water partition coefficient (Wildman–Crippen LogP) is 3.67. The summed E-state index contributed by atoms with van der Waals surface area (Å²) in [5.74, 6) is 2.72. The minimum Gasteiger partial charge on any atom is -0.493 e. The molecule has 1 aliphatic rings. The van der Waals surface area contributed by atoms with Crippen molar-refractivity contribution < 1.29 is 14.0 Å². The van der Waals surface area contributed by atoms with E-state index in [2.05, 4.69) is 34.2 Å². The standard InChI is InChI=1S/C19H22N4O3/c1-12(2)10-25-15-5-3-13(4-6-15)16-9-17(22-21-16)19-20-18(23-26-19)14-7-8-24-11-14/h3-6,9,12,14H,7-8,10-11H2,1-2H3,(H,21,22). The van der Waals surface area contributed by atoms with E-state index in [4.69, 9.17) is 14.0 Å². The third-order valence-electron chi connectivity index (χ3n) is 4.28. The zero-order valence-electron chi connectivity index (χ0n) is 14.9. The van der Waals surface area contributed by atoms with E-state index >= 15 is 0 Å². The molecule has 1 saturated heterocycles. The average molecular weight is 354 g/mol. The molecule has 0 bridgehead atoms. The zero-order valence-corrected chi connectivity index (χ0v) is 14.9. The molecule has 1 aromatic carbocycles. The molecule has 1 fully saturated rings. The SMILES string of the molecule is CC(C)COc1ccc(-c2cc(-c3nc(C4CCOC4)no3)[nH]n2)cc1. The van der Waals surface area contributed by atoms with Crippen LogP contribution in [0.5, 0.6) is 5.75 Å². The molecule has 7 nitrogen and oxygen atoms in total. The summed E-state index contributed by atoms with van der Waals surface area (Å²) in [6.07, 6.45) is 0.929. The summed E-state index contributed by atoms with van der Waals surface area (Å²) >= 11 is 0. The molecule has 3 heterocycles. The number of aromatic amines is 1. The summed E-state index contributed by atoms with van der Waals surface area (Å²) < 4.78 is 16.5. The Morgan fingerprint density at radius 1 is 1.27 bits per heavy atom. The maximum Gasteiger partial charge on any atom is 0.275 e. The molecule has 1 unspecified atom stereocenters. The molecule has 0 saturated carbocycles. The van der Waals surface area contributed by atoms with Gasteiger partial charge < -0.3 is 14.0 Å². The summed E-state index contributed by atoms with van der Waals surface area (Å²) in [5.41, 5.74) is 2.52. The van der Waals surface area contributed by atoms with E-state index in [9.17, 15) is 0 Å². The van der Waals surface area contributed by atoms with Gasteiger partial charge in [-0.15, -0.1) is 0 Å². The Hall–Kier alpha value is -2.67. The second-order valence-corrected chi connectivity index (χ2v) is 6.91. The highest BCUT2D eigenvalue weighted by molar-refractivity contribution is 5.65. The second kappa shape index (κ2) is 7.29. The molecule has 2 aromatic heterocycles. The first-order valence-corrected chi connectivity index (χ1v) is 8.89. The van der Waals surface area contributed by atoms with Crippen molar-refractivity contribution in [1.29, 1.82) is 0 Å². The number of nitrogens with zero attached hydrogens (tertiary/aromatic N) is 3. The van der Waals surface area contributed by atoms with Crippen LogP contribution in [0.2, 0.25) is 0 Å². The van der Waals surface area contributed by atoms with Crippen LogP contribution in [-0.4, -0.2) is 40.2 Å². The van der Waals surface area contributed by atoms with Gasteiger partial charge in [-0.25, -0.2) is 0 Å². The molecule has 0 amide bonds. The average Bonchev–Trinajstić information content (AvgIpc) is 3.40. The van der Waals surface area contributed by atoms with Crippen LogP contribution in [0.3, 0.4) is 0 Å². The number of ether oxygens (including phenoxy) is 2. The molecule has 7 heteroatoms. The molecule has 1 atom stereocenters. The number of aromatic nitrogens is 4. The number of hydrogen-bond donors (Lipinski definition) is 1. The van der Waals surface area contributed by atoms with E-state index in [0.717, 1.165) is 30.0 Å². The summed E-state index contributed by atoms with van der Waals surface area (Å²) in [7, 11) is 0. The number of benzene rings is 1. The van der Waals surface area contributed by atoms with Gasteiger partial charge in [-0.05, 0) is 42.7 Å². The molecule has 26 heavy (non-hydrogen) atoms. The summed E-state index contributed by atoms with van der Waals surface area (Å²) in [6.45, 7) is 6.36. The molecule has 1 aliphatic heterocycles. The topological polar surface area (TPSA) is 86.1 Å². The molecule has 0 radical (unpaired) electrons. The van der Waals surface area contributed by atoms with Gasteiger partial charge in [0.25, 0.3) is 5.89 Å². The highest BCUT2D eigenvalue weighted by Gasteiger charge is 2.24. The van der Waals surface area contributed by atoms with Crippen molar-refractivity contribution >= 4 is 0 Å². The van der Waals surface area contributed by atoms with Crippen LogP contribution < -0.4 is 4.74 Å². The molecule has 0 spiro atoms. The van der Waals surface area contributed by atoms with Crippen LogP contribution in [0.1, 0.15) is 32.0 Å². The lowest BCUT2D eigenvalue weighted by molar-refractivity contribution is 0.192. The minimum absolute atomic E-state index is 0.216. The molecule has 3 aromatic rings. The van der Waals surface area contributed by atoms with Crippen molar-refractivity contribution in [2.75, 3.05) is 19.8 Å².